The fraction of sp³-hybridized carbons (Fsp3) is 0.133. The van der Waals surface area contributed by atoms with Gasteiger partial charge in [0.2, 0.25) is 0 Å². The fourth-order valence-corrected chi connectivity index (χ4v) is 1.75. The first-order valence-corrected chi connectivity index (χ1v) is 6.04. The summed E-state index contributed by atoms with van der Waals surface area (Å²) in [7, 11) is 0. The Bertz CT molecular complexity index is 630. The Balaban J connectivity index is 2.03. The molecule has 0 radical (unpaired) electrons. The van der Waals surface area contributed by atoms with Crippen molar-refractivity contribution in [1.82, 2.24) is 0 Å². The monoisotopic (exact) mass is 298 g/mol. The number of halogens is 4. The van der Waals surface area contributed by atoms with Crippen molar-refractivity contribution in [3.8, 4) is 0 Å². The molecular weight excluding hydrogens is 288 g/mol. The van der Waals surface area contributed by atoms with E-state index < -0.39 is 47.8 Å². The van der Waals surface area contributed by atoms with Crippen LogP contribution in [0.5, 0.6) is 0 Å². The molecule has 0 saturated carbocycles. The van der Waals surface area contributed by atoms with Gasteiger partial charge in [0.15, 0.2) is 23.3 Å². The third-order valence-corrected chi connectivity index (χ3v) is 2.80. The van der Waals surface area contributed by atoms with E-state index in [0.717, 1.165) is 0 Å². The van der Waals surface area contributed by atoms with Gasteiger partial charge in [0.25, 0.3) is 0 Å². The second-order valence-electron chi connectivity index (χ2n) is 4.20. The molecule has 0 unspecified atom stereocenters. The molecule has 0 fully saturated rings. The number of hydrogen-bond acceptors (Lipinski definition) is 2. The van der Waals surface area contributed by atoms with Gasteiger partial charge in [-0.2, -0.15) is 0 Å². The summed E-state index contributed by atoms with van der Waals surface area (Å²) in [5.74, 6) is -6.63. The van der Waals surface area contributed by atoms with Gasteiger partial charge in [-0.15, -0.1) is 0 Å². The van der Waals surface area contributed by atoms with Gasteiger partial charge < -0.3 is 4.74 Å². The van der Waals surface area contributed by atoms with Gasteiger partial charge in [-0.25, -0.2) is 22.4 Å². The van der Waals surface area contributed by atoms with Crippen molar-refractivity contribution in [1.29, 1.82) is 0 Å². The Hall–Kier alpha value is -2.37. The summed E-state index contributed by atoms with van der Waals surface area (Å²) in [5.41, 5.74) is -0.516. The van der Waals surface area contributed by atoms with Gasteiger partial charge in [0.1, 0.15) is 0 Å². The maximum absolute atomic E-state index is 13.4. The molecule has 0 N–H and O–H groups in total. The normalized spacial score (nSPS) is 10.5. The van der Waals surface area contributed by atoms with Gasteiger partial charge in [-0.05, 0) is 12.1 Å². The summed E-state index contributed by atoms with van der Waals surface area (Å²) in [6.45, 7) is -0.398. The number of ether oxygens (including phenoxy) is 1. The molecule has 0 heterocycles. The molecule has 6 heteroatoms. The van der Waals surface area contributed by atoms with Gasteiger partial charge in [0.05, 0.1) is 12.2 Å². The molecule has 2 aromatic carbocycles. The zero-order chi connectivity index (χ0) is 15.4. The highest BCUT2D eigenvalue weighted by molar-refractivity contribution is 5.89. The average molecular weight is 298 g/mol. The van der Waals surface area contributed by atoms with Crippen LogP contribution in [0, 0.1) is 23.3 Å². The van der Waals surface area contributed by atoms with Crippen LogP contribution in [0.15, 0.2) is 36.4 Å². The minimum absolute atomic E-state index is 0.129. The lowest BCUT2D eigenvalue weighted by atomic mass is 10.1. The van der Waals surface area contributed by atoms with Crippen molar-refractivity contribution in [2.24, 2.45) is 0 Å². The minimum atomic E-state index is -1.49. The molecule has 21 heavy (non-hydrogen) atoms. The minimum Gasteiger partial charge on any atom is -0.462 e. The fourth-order valence-electron chi connectivity index (χ4n) is 1.75. The summed E-state index contributed by atoms with van der Waals surface area (Å²) < 4.78 is 57.5. The first kappa shape index (κ1) is 15.0. The van der Waals surface area contributed by atoms with Crippen LogP contribution in [-0.4, -0.2) is 12.6 Å². The van der Waals surface area contributed by atoms with Crippen molar-refractivity contribution >= 4 is 5.97 Å². The van der Waals surface area contributed by atoms with Crippen LogP contribution in [0.2, 0.25) is 0 Å². The average Bonchev–Trinajstić information content (AvgIpc) is 2.49. The summed E-state index contributed by atoms with van der Waals surface area (Å²) >= 11 is 0. The Kier molecular flexibility index (Phi) is 4.57. The van der Waals surface area contributed by atoms with Crippen LogP contribution >= 0.6 is 0 Å². The highest BCUT2D eigenvalue weighted by Gasteiger charge is 2.19. The molecule has 0 aromatic heterocycles. The molecule has 0 aliphatic carbocycles. The van der Waals surface area contributed by atoms with Gasteiger partial charge in [-0.1, -0.05) is 18.2 Å². The topological polar surface area (TPSA) is 26.3 Å². The highest BCUT2D eigenvalue weighted by atomic mass is 19.2. The molecule has 2 nitrogen and oxygen atoms in total. The van der Waals surface area contributed by atoms with Crippen LogP contribution in [0.4, 0.5) is 17.6 Å². The number of esters is 1. The molecule has 0 spiro atoms. The van der Waals surface area contributed by atoms with Gasteiger partial charge in [0, 0.05) is 18.1 Å². The summed E-state index contributed by atoms with van der Waals surface area (Å²) in [6.07, 6.45) is -0.467. The standard InChI is InChI=1S/C15H10F4O2/c16-11-8-12(17)14(19)10(13(11)18)6-7-21-15(20)9-4-2-1-3-5-9/h1-5,8H,6-7H2. The molecule has 0 saturated heterocycles. The van der Waals surface area contributed by atoms with Crippen molar-refractivity contribution in [3.63, 3.8) is 0 Å². The lowest BCUT2D eigenvalue weighted by Crippen LogP contribution is -2.11. The van der Waals surface area contributed by atoms with Crippen LogP contribution < -0.4 is 0 Å². The molecule has 0 bridgehead atoms. The Morgan fingerprint density at radius 2 is 1.52 bits per heavy atom. The molecule has 0 atom stereocenters. The molecule has 110 valence electrons. The third kappa shape index (κ3) is 3.39. The quantitative estimate of drug-likeness (QED) is 0.489. The zero-order valence-electron chi connectivity index (χ0n) is 10.7. The maximum Gasteiger partial charge on any atom is 0.338 e. The van der Waals surface area contributed by atoms with E-state index in [2.05, 4.69) is 0 Å². The highest BCUT2D eigenvalue weighted by Crippen LogP contribution is 2.19. The van der Waals surface area contributed by atoms with E-state index >= 15 is 0 Å². The SMILES string of the molecule is O=C(OCCc1c(F)c(F)cc(F)c1F)c1ccccc1. The van der Waals surface area contributed by atoms with Crippen molar-refractivity contribution in [2.75, 3.05) is 6.61 Å². The van der Waals surface area contributed by atoms with Crippen LogP contribution in [0.25, 0.3) is 0 Å². The predicted octanol–water partition coefficient (Wildman–Crippen LogP) is 3.64. The van der Waals surface area contributed by atoms with Crippen LogP contribution in [-0.2, 0) is 11.2 Å². The first-order valence-electron chi connectivity index (χ1n) is 6.04. The van der Waals surface area contributed by atoms with E-state index in [0.29, 0.717) is 0 Å². The molecule has 0 aliphatic rings. The Morgan fingerprint density at radius 1 is 0.952 bits per heavy atom. The summed E-state index contributed by atoms with van der Waals surface area (Å²) in [6, 6.07) is 8.09. The number of rotatable bonds is 4. The van der Waals surface area contributed by atoms with E-state index in [-0.39, 0.29) is 11.6 Å². The lowest BCUT2D eigenvalue weighted by molar-refractivity contribution is 0.0507. The Morgan fingerprint density at radius 3 is 2.10 bits per heavy atom. The van der Waals surface area contributed by atoms with E-state index in [4.69, 9.17) is 4.74 Å². The van der Waals surface area contributed by atoms with E-state index in [9.17, 15) is 22.4 Å². The molecular formula is C15H10F4O2. The van der Waals surface area contributed by atoms with Crippen molar-refractivity contribution in [3.05, 3.63) is 70.8 Å². The Labute approximate surface area is 118 Å². The van der Waals surface area contributed by atoms with E-state index in [1.165, 1.54) is 12.1 Å². The van der Waals surface area contributed by atoms with Crippen LogP contribution in [0.3, 0.4) is 0 Å². The molecule has 2 rings (SSSR count). The second-order valence-corrected chi connectivity index (χ2v) is 4.20. The predicted molar refractivity (Wildman–Crippen MR) is 66.7 cm³/mol. The van der Waals surface area contributed by atoms with E-state index in [1.54, 1.807) is 18.2 Å². The third-order valence-electron chi connectivity index (χ3n) is 2.80. The smallest absolute Gasteiger partial charge is 0.338 e. The molecule has 2 aromatic rings. The zero-order valence-corrected chi connectivity index (χ0v) is 10.7. The lowest BCUT2D eigenvalue weighted by Gasteiger charge is -2.08. The largest absolute Gasteiger partial charge is 0.462 e. The number of hydrogen-bond donors (Lipinski definition) is 0. The number of carbonyl (C=O) groups is 1. The number of carbonyl (C=O) groups excluding carboxylic acids is 1. The van der Waals surface area contributed by atoms with Crippen molar-refractivity contribution in [2.45, 2.75) is 6.42 Å². The summed E-state index contributed by atoms with van der Waals surface area (Å²) in [5, 5.41) is 0. The van der Waals surface area contributed by atoms with E-state index in [1.807, 2.05) is 0 Å². The van der Waals surface area contributed by atoms with Gasteiger partial charge >= 0.3 is 5.97 Å². The van der Waals surface area contributed by atoms with Gasteiger partial charge in [-0.3, -0.25) is 0 Å². The second kappa shape index (κ2) is 6.39. The summed E-state index contributed by atoms with van der Waals surface area (Å²) in [4.78, 5) is 11.6. The first-order chi connectivity index (χ1) is 10.0. The molecule has 0 amide bonds. The number of benzene rings is 2. The maximum atomic E-state index is 13.4. The van der Waals surface area contributed by atoms with Crippen LogP contribution in [0.1, 0.15) is 15.9 Å². The molecule has 0 aliphatic heterocycles. The van der Waals surface area contributed by atoms with Crippen molar-refractivity contribution < 1.29 is 27.1 Å².